The highest BCUT2D eigenvalue weighted by molar-refractivity contribution is 14.1. The van der Waals surface area contributed by atoms with Crippen molar-refractivity contribution in [2.75, 3.05) is 0 Å². The molecule has 0 saturated heterocycles. The Morgan fingerprint density at radius 2 is 1.69 bits per heavy atom. The van der Waals surface area contributed by atoms with E-state index in [0.717, 1.165) is 0 Å². The van der Waals surface area contributed by atoms with Crippen molar-refractivity contribution >= 4 is 45.2 Å². The van der Waals surface area contributed by atoms with E-state index in [1.807, 2.05) is 0 Å². The van der Waals surface area contributed by atoms with E-state index < -0.39 is 0 Å². The van der Waals surface area contributed by atoms with Gasteiger partial charge in [0.1, 0.15) is 0 Å². The maximum absolute atomic E-state index is 2.65. The minimum Gasteiger partial charge on any atom is -0.0736 e. The number of halogens is 2. The summed E-state index contributed by atoms with van der Waals surface area (Å²) < 4.78 is 1.87. The van der Waals surface area contributed by atoms with Gasteiger partial charge in [-0.05, 0) is 47.1 Å². The maximum atomic E-state index is 2.65. The summed E-state index contributed by atoms with van der Waals surface area (Å²) in [7, 11) is 0. The van der Waals surface area contributed by atoms with E-state index in [4.69, 9.17) is 0 Å². The van der Waals surface area contributed by atoms with E-state index >= 15 is 0 Å². The van der Waals surface area contributed by atoms with Crippen LogP contribution >= 0.6 is 45.2 Å². The fourth-order valence-corrected chi connectivity index (χ4v) is 4.68. The van der Waals surface area contributed by atoms with Gasteiger partial charge in [-0.2, -0.15) is 0 Å². The summed E-state index contributed by atoms with van der Waals surface area (Å²) in [4.78, 5) is 0. The van der Waals surface area contributed by atoms with Crippen molar-refractivity contribution in [3.8, 4) is 0 Å². The van der Waals surface area contributed by atoms with Gasteiger partial charge in [-0.1, -0.05) is 53.6 Å². The lowest BCUT2D eigenvalue weighted by molar-refractivity contribution is 0.685. The van der Waals surface area contributed by atoms with Crippen molar-refractivity contribution in [1.82, 2.24) is 0 Å². The Hall–Kier alpha value is 0.680. The van der Waals surface area contributed by atoms with Crippen LogP contribution in [0.3, 0.4) is 0 Å². The van der Waals surface area contributed by atoms with Crippen molar-refractivity contribution in [3.63, 3.8) is 0 Å². The van der Waals surface area contributed by atoms with Crippen LogP contribution in [0.5, 0.6) is 0 Å². The van der Waals surface area contributed by atoms with Crippen LogP contribution in [0.25, 0.3) is 0 Å². The normalized spacial score (nSPS) is 20.5. The van der Waals surface area contributed by atoms with E-state index in [1.54, 1.807) is 5.56 Å². The number of benzene rings is 1. The van der Waals surface area contributed by atoms with E-state index in [2.05, 4.69) is 69.4 Å². The summed E-state index contributed by atoms with van der Waals surface area (Å²) in [6, 6.07) is 8.80. The molecule has 0 nitrogen and oxygen atoms in total. The van der Waals surface area contributed by atoms with Crippen LogP contribution in [0.4, 0.5) is 0 Å². The van der Waals surface area contributed by atoms with E-state index in [-0.39, 0.29) is 0 Å². The molecular weight excluding hydrogens is 386 g/mol. The minimum absolute atomic E-state index is 0.440. The predicted molar refractivity (Wildman–Crippen MR) is 73.3 cm³/mol. The lowest BCUT2D eigenvalue weighted by Gasteiger charge is -2.23. The van der Waals surface area contributed by atoms with E-state index in [0.29, 0.717) is 3.42 Å². The SMILES string of the molecule is Ic1ccccc1C1(I)CCCC1. The average Bonchev–Trinajstić information content (AvgIpc) is 2.54. The van der Waals surface area contributed by atoms with Gasteiger partial charge in [0, 0.05) is 6.99 Å². The third-order valence-electron chi connectivity index (χ3n) is 2.75. The lowest BCUT2D eigenvalue weighted by atomic mass is 9.98. The Kier molecular flexibility index (Phi) is 3.18. The first-order chi connectivity index (χ1) is 6.22. The first kappa shape index (κ1) is 10.2. The first-order valence-electron chi connectivity index (χ1n) is 4.66. The van der Waals surface area contributed by atoms with Gasteiger partial charge < -0.3 is 0 Å². The molecule has 0 aliphatic heterocycles. The molecule has 0 heterocycles. The Balaban J connectivity index is 2.39. The summed E-state index contributed by atoms with van der Waals surface area (Å²) in [6.45, 7) is 0. The fraction of sp³-hybridized carbons (Fsp3) is 0.455. The van der Waals surface area contributed by atoms with Gasteiger partial charge in [0.2, 0.25) is 0 Å². The quantitative estimate of drug-likeness (QED) is 0.483. The average molecular weight is 398 g/mol. The second kappa shape index (κ2) is 4.04. The highest BCUT2D eigenvalue weighted by atomic mass is 127. The zero-order valence-electron chi connectivity index (χ0n) is 7.39. The fourth-order valence-electron chi connectivity index (χ4n) is 2.03. The third kappa shape index (κ3) is 2.03. The molecule has 0 radical (unpaired) electrons. The summed E-state index contributed by atoms with van der Waals surface area (Å²) in [5.41, 5.74) is 1.55. The standard InChI is InChI=1S/C11H12I2/c12-10-6-2-1-5-9(10)11(13)7-3-4-8-11/h1-2,5-6H,3-4,7-8H2. The molecule has 13 heavy (non-hydrogen) atoms. The van der Waals surface area contributed by atoms with Gasteiger partial charge in [-0.15, -0.1) is 0 Å². The molecule has 1 aromatic carbocycles. The topological polar surface area (TPSA) is 0 Å². The van der Waals surface area contributed by atoms with Crippen LogP contribution in [-0.4, -0.2) is 0 Å². The highest BCUT2D eigenvalue weighted by Gasteiger charge is 2.33. The number of hydrogen-bond donors (Lipinski definition) is 0. The molecule has 1 aliphatic rings. The van der Waals surface area contributed by atoms with Crippen LogP contribution < -0.4 is 0 Å². The van der Waals surface area contributed by atoms with Gasteiger partial charge >= 0.3 is 0 Å². The summed E-state index contributed by atoms with van der Waals surface area (Å²) in [6.07, 6.45) is 5.50. The Labute approximate surface area is 107 Å². The number of rotatable bonds is 1. The van der Waals surface area contributed by atoms with Crippen molar-refractivity contribution in [3.05, 3.63) is 33.4 Å². The van der Waals surface area contributed by atoms with Crippen LogP contribution in [0, 0.1) is 3.57 Å². The molecule has 1 saturated carbocycles. The van der Waals surface area contributed by atoms with Gasteiger partial charge in [0.25, 0.3) is 0 Å². The summed E-state index contributed by atoms with van der Waals surface area (Å²) in [5, 5.41) is 0. The monoisotopic (exact) mass is 398 g/mol. The molecule has 0 amide bonds. The van der Waals surface area contributed by atoms with E-state index in [1.165, 1.54) is 29.3 Å². The Morgan fingerprint density at radius 3 is 2.31 bits per heavy atom. The Bertz CT molecular complexity index is 301. The number of alkyl halides is 1. The first-order valence-corrected chi connectivity index (χ1v) is 6.82. The molecule has 0 aromatic heterocycles. The minimum atomic E-state index is 0.440. The second-order valence-corrected chi connectivity index (χ2v) is 6.88. The van der Waals surface area contributed by atoms with Crippen molar-refractivity contribution in [2.24, 2.45) is 0 Å². The molecule has 1 aromatic rings. The van der Waals surface area contributed by atoms with Crippen molar-refractivity contribution in [1.29, 1.82) is 0 Å². The predicted octanol–water partition coefficient (Wildman–Crippen LogP) is 4.50. The molecule has 70 valence electrons. The second-order valence-electron chi connectivity index (χ2n) is 3.65. The van der Waals surface area contributed by atoms with Crippen molar-refractivity contribution < 1.29 is 0 Å². The molecule has 0 atom stereocenters. The molecule has 0 unspecified atom stereocenters. The van der Waals surface area contributed by atoms with Crippen molar-refractivity contribution in [2.45, 2.75) is 29.1 Å². The summed E-state index contributed by atoms with van der Waals surface area (Å²) >= 11 is 5.11. The maximum Gasteiger partial charge on any atom is 0.0480 e. The highest BCUT2D eigenvalue weighted by Crippen LogP contribution is 2.47. The van der Waals surface area contributed by atoms with Gasteiger partial charge in [-0.25, -0.2) is 0 Å². The Morgan fingerprint density at radius 1 is 1.08 bits per heavy atom. The van der Waals surface area contributed by atoms with Crippen LogP contribution in [0.15, 0.2) is 24.3 Å². The molecule has 0 spiro atoms. The van der Waals surface area contributed by atoms with Gasteiger partial charge in [0.15, 0.2) is 0 Å². The smallest absolute Gasteiger partial charge is 0.0480 e. The zero-order valence-corrected chi connectivity index (χ0v) is 11.7. The van der Waals surface area contributed by atoms with Crippen LogP contribution in [0.1, 0.15) is 31.2 Å². The molecule has 2 rings (SSSR count). The number of hydrogen-bond acceptors (Lipinski definition) is 0. The molecule has 0 N–H and O–H groups in total. The summed E-state index contributed by atoms with van der Waals surface area (Å²) in [5.74, 6) is 0. The lowest BCUT2D eigenvalue weighted by Crippen LogP contribution is -2.13. The molecule has 2 heteroatoms. The molecular formula is C11H12I2. The molecule has 1 aliphatic carbocycles. The van der Waals surface area contributed by atoms with Gasteiger partial charge in [0.05, 0.1) is 0 Å². The third-order valence-corrected chi connectivity index (χ3v) is 5.35. The van der Waals surface area contributed by atoms with E-state index in [9.17, 15) is 0 Å². The molecule has 0 bridgehead atoms. The largest absolute Gasteiger partial charge is 0.0736 e. The van der Waals surface area contributed by atoms with Gasteiger partial charge in [-0.3, -0.25) is 0 Å². The van der Waals surface area contributed by atoms with Crippen LogP contribution in [0.2, 0.25) is 0 Å². The van der Waals surface area contributed by atoms with Crippen LogP contribution in [-0.2, 0) is 3.42 Å². The zero-order chi connectivity index (χ0) is 9.31. The molecule has 1 fully saturated rings.